The molecule has 1 unspecified atom stereocenters. The summed E-state index contributed by atoms with van der Waals surface area (Å²) in [6.45, 7) is 1.16. The van der Waals surface area contributed by atoms with Crippen molar-refractivity contribution in [3.05, 3.63) is 34.9 Å². The predicted molar refractivity (Wildman–Crippen MR) is 85.4 cm³/mol. The lowest BCUT2D eigenvalue weighted by Crippen LogP contribution is -2.39. The van der Waals surface area contributed by atoms with Crippen molar-refractivity contribution in [2.75, 3.05) is 13.1 Å². The molecule has 4 nitrogen and oxygen atoms in total. The Hall–Kier alpha value is -2.07. The Labute approximate surface area is 144 Å². The summed E-state index contributed by atoms with van der Waals surface area (Å²) in [5.74, 6) is 0.657. The third kappa shape index (κ3) is 4.73. The average molecular weight is 351 g/mol. The number of amides is 1. The van der Waals surface area contributed by atoms with Gasteiger partial charge in [0.15, 0.2) is 0 Å². The van der Waals surface area contributed by atoms with E-state index in [9.17, 15) is 18.0 Å². The highest BCUT2D eigenvalue weighted by Crippen LogP contribution is 2.34. The molecular weight excluding hydrogens is 331 g/mol. The number of nitriles is 1. The second-order valence-electron chi connectivity index (χ2n) is 6.89. The number of alkyl halides is 3. The third-order valence-electron chi connectivity index (χ3n) is 4.63. The van der Waals surface area contributed by atoms with Crippen LogP contribution in [0.5, 0.6) is 0 Å². The predicted octanol–water partition coefficient (Wildman–Crippen LogP) is 3.14. The number of hydrogen-bond acceptors (Lipinski definition) is 3. The third-order valence-corrected chi connectivity index (χ3v) is 4.63. The second-order valence-corrected chi connectivity index (χ2v) is 6.89. The van der Waals surface area contributed by atoms with Crippen LogP contribution in [0.15, 0.2) is 18.2 Å². The molecule has 134 valence electrons. The molecule has 2 aliphatic carbocycles. The van der Waals surface area contributed by atoms with Gasteiger partial charge >= 0.3 is 6.18 Å². The Morgan fingerprint density at radius 2 is 1.84 bits per heavy atom. The van der Waals surface area contributed by atoms with E-state index in [2.05, 4.69) is 10.6 Å². The molecule has 0 aromatic heterocycles. The van der Waals surface area contributed by atoms with Crippen molar-refractivity contribution in [1.82, 2.24) is 10.6 Å². The van der Waals surface area contributed by atoms with Crippen molar-refractivity contribution >= 4 is 5.91 Å². The summed E-state index contributed by atoms with van der Waals surface area (Å²) < 4.78 is 39.6. The number of halogens is 3. The van der Waals surface area contributed by atoms with Gasteiger partial charge in [-0.15, -0.1) is 0 Å². The lowest BCUT2D eigenvalue weighted by molar-refractivity contribution is -0.138. The van der Waals surface area contributed by atoms with Crippen molar-refractivity contribution in [2.45, 2.75) is 37.9 Å². The second kappa shape index (κ2) is 7.04. The number of nitrogens with zero attached hydrogens (tertiary/aromatic N) is 1. The molecule has 1 aromatic carbocycles. The minimum atomic E-state index is -4.63. The molecule has 3 rings (SSSR count). The normalized spacial score (nSPS) is 18.5. The molecule has 25 heavy (non-hydrogen) atoms. The van der Waals surface area contributed by atoms with Crippen molar-refractivity contribution in [3.63, 3.8) is 0 Å². The van der Waals surface area contributed by atoms with Crippen molar-refractivity contribution in [1.29, 1.82) is 5.26 Å². The number of carbonyl (C=O) groups is 1. The van der Waals surface area contributed by atoms with Gasteiger partial charge < -0.3 is 10.6 Å². The van der Waals surface area contributed by atoms with Gasteiger partial charge in [0.1, 0.15) is 6.04 Å². The van der Waals surface area contributed by atoms with Gasteiger partial charge in [-0.3, -0.25) is 4.79 Å². The van der Waals surface area contributed by atoms with Gasteiger partial charge in [0, 0.05) is 6.54 Å². The molecule has 2 fully saturated rings. The number of nitrogens with one attached hydrogen (secondary N) is 2. The van der Waals surface area contributed by atoms with E-state index in [0.29, 0.717) is 24.9 Å². The first-order valence-electron chi connectivity index (χ1n) is 8.51. The molecule has 0 aliphatic heterocycles. The summed E-state index contributed by atoms with van der Waals surface area (Å²) in [6, 6.07) is 4.20. The number of benzene rings is 1. The van der Waals surface area contributed by atoms with E-state index in [0.717, 1.165) is 37.8 Å². The maximum atomic E-state index is 13.2. The van der Waals surface area contributed by atoms with E-state index in [1.807, 2.05) is 0 Å². The lowest BCUT2D eigenvalue weighted by atomic mass is 9.98. The van der Waals surface area contributed by atoms with E-state index >= 15 is 0 Å². The first-order valence-corrected chi connectivity index (χ1v) is 8.51. The van der Waals surface area contributed by atoms with Crippen LogP contribution in [-0.4, -0.2) is 19.0 Å². The Balaban J connectivity index is 1.82. The maximum Gasteiger partial charge on any atom is 0.417 e. The number of hydrogen-bond donors (Lipinski definition) is 2. The van der Waals surface area contributed by atoms with Crippen LogP contribution in [0.1, 0.15) is 48.4 Å². The van der Waals surface area contributed by atoms with Crippen LogP contribution in [0.4, 0.5) is 13.2 Å². The fraction of sp³-hybridized carbons (Fsp3) is 0.556. The van der Waals surface area contributed by atoms with E-state index < -0.39 is 23.3 Å². The van der Waals surface area contributed by atoms with Gasteiger partial charge in [-0.1, -0.05) is 6.07 Å². The van der Waals surface area contributed by atoms with Crippen LogP contribution in [0.3, 0.4) is 0 Å². The smallest absolute Gasteiger partial charge is 0.354 e. The molecular formula is C18H20F3N3O. The summed E-state index contributed by atoms with van der Waals surface area (Å²) in [5.41, 5.74) is -1.20. The molecule has 2 saturated carbocycles. The van der Waals surface area contributed by atoms with E-state index in [1.165, 1.54) is 6.07 Å². The van der Waals surface area contributed by atoms with Crippen LogP contribution in [0.2, 0.25) is 0 Å². The molecule has 7 heteroatoms. The van der Waals surface area contributed by atoms with Gasteiger partial charge in [0.25, 0.3) is 0 Å². The topological polar surface area (TPSA) is 64.9 Å². The number of carbonyl (C=O) groups excluding carboxylic acids is 1. The quantitative estimate of drug-likeness (QED) is 0.793. The Morgan fingerprint density at radius 1 is 1.20 bits per heavy atom. The molecule has 0 saturated heterocycles. The highest BCUT2D eigenvalue weighted by atomic mass is 19.4. The maximum absolute atomic E-state index is 13.2. The van der Waals surface area contributed by atoms with Gasteiger partial charge in [0.2, 0.25) is 5.91 Å². The first kappa shape index (κ1) is 17.7. The molecule has 1 amide bonds. The van der Waals surface area contributed by atoms with Crippen molar-refractivity contribution in [3.8, 4) is 6.07 Å². The minimum absolute atomic E-state index is 0.236. The van der Waals surface area contributed by atoms with Crippen molar-refractivity contribution in [2.24, 2.45) is 11.8 Å². The van der Waals surface area contributed by atoms with Gasteiger partial charge in [-0.2, -0.15) is 18.4 Å². The fourth-order valence-electron chi connectivity index (χ4n) is 2.71. The molecule has 2 N–H and O–H groups in total. The summed E-state index contributed by atoms with van der Waals surface area (Å²) in [4.78, 5) is 12.5. The van der Waals surface area contributed by atoms with E-state index in [-0.39, 0.29) is 11.5 Å². The first-order chi connectivity index (χ1) is 11.9. The highest BCUT2D eigenvalue weighted by molar-refractivity contribution is 5.83. The molecule has 0 heterocycles. The fourth-order valence-corrected chi connectivity index (χ4v) is 2.71. The average Bonchev–Trinajstić information content (AvgIpc) is 3.46. The summed E-state index contributed by atoms with van der Waals surface area (Å²) >= 11 is 0. The van der Waals surface area contributed by atoms with Crippen LogP contribution in [0, 0.1) is 23.2 Å². The minimum Gasteiger partial charge on any atom is -0.354 e. The SMILES string of the molecule is N#Cc1ccc(C(NCC2CC2)C(=O)NCC2CC2)cc1C(F)(F)F. The standard InChI is InChI=1S/C18H20F3N3O/c19-18(20,21)15-7-13(5-6-14(15)8-22)16(23-9-11-1-2-11)17(25)24-10-12-3-4-12/h5-7,11-12,16,23H,1-4,9-10H2,(H,24,25). The molecule has 1 atom stereocenters. The van der Waals surface area contributed by atoms with Gasteiger partial charge in [0.05, 0.1) is 17.2 Å². The highest BCUT2D eigenvalue weighted by Gasteiger charge is 2.35. The zero-order chi connectivity index (χ0) is 18.0. The van der Waals surface area contributed by atoms with Crippen LogP contribution in [0.25, 0.3) is 0 Å². The van der Waals surface area contributed by atoms with E-state index in [4.69, 9.17) is 5.26 Å². The molecule has 0 radical (unpaired) electrons. The number of rotatable bonds is 7. The van der Waals surface area contributed by atoms with Crippen molar-refractivity contribution < 1.29 is 18.0 Å². The Kier molecular flexibility index (Phi) is 5.00. The summed E-state index contributed by atoms with van der Waals surface area (Å²) in [5, 5.41) is 14.8. The van der Waals surface area contributed by atoms with E-state index in [1.54, 1.807) is 6.07 Å². The van der Waals surface area contributed by atoms with Crippen LogP contribution in [-0.2, 0) is 11.0 Å². The van der Waals surface area contributed by atoms with Gasteiger partial charge in [-0.05, 0) is 61.8 Å². The zero-order valence-electron chi connectivity index (χ0n) is 13.7. The molecule has 2 aliphatic rings. The summed E-state index contributed by atoms with van der Waals surface area (Å²) in [7, 11) is 0. The van der Waals surface area contributed by atoms with Crippen LogP contribution < -0.4 is 10.6 Å². The molecule has 0 bridgehead atoms. The lowest BCUT2D eigenvalue weighted by Gasteiger charge is -2.20. The Bertz CT molecular complexity index is 688. The Morgan fingerprint density at radius 3 is 2.40 bits per heavy atom. The largest absolute Gasteiger partial charge is 0.417 e. The molecule has 0 spiro atoms. The zero-order valence-corrected chi connectivity index (χ0v) is 13.7. The van der Waals surface area contributed by atoms with Crippen LogP contribution >= 0.6 is 0 Å². The monoisotopic (exact) mass is 351 g/mol. The summed E-state index contributed by atoms with van der Waals surface area (Å²) in [6.07, 6.45) is -0.327. The van der Waals surface area contributed by atoms with Gasteiger partial charge in [-0.25, -0.2) is 0 Å². The molecule has 1 aromatic rings.